The topological polar surface area (TPSA) is 72.2 Å². The first-order chi connectivity index (χ1) is 6.69. The number of carbonyl (C=O) groups excluding carboxylic acids is 1. The summed E-state index contributed by atoms with van der Waals surface area (Å²) < 4.78 is 0. The molecule has 1 amide bonds. The largest absolute Gasteiger partial charge is 0.323 e. The summed E-state index contributed by atoms with van der Waals surface area (Å²) >= 11 is 1.41. The van der Waals surface area contributed by atoms with Gasteiger partial charge in [0.2, 0.25) is 6.41 Å². The van der Waals surface area contributed by atoms with Crippen LogP contribution in [0.15, 0.2) is 23.1 Å². The van der Waals surface area contributed by atoms with Gasteiger partial charge in [0.1, 0.15) is 5.69 Å². The molecular formula is C8H8N2O3S. The number of hydrogen-bond acceptors (Lipinski definition) is 4. The van der Waals surface area contributed by atoms with Crippen molar-refractivity contribution in [2.45, 2.75) is 4.90 Å². The molecule has 0 unspecified atom stereocenters. The molecule has 5 nitrogen and oxygen atoms in total. The molecule has 74 valence electrons. The summed E-state index contributed by atoms with van der Waals surface area (Å²) in [6.07, 6.45) is 2.24. The lowest BCUT2D eigenvalue weighted by Gasteiger charge is -2.02. The molecule has 0 spiro atoms. The number of nitrogens with one attached hydrogen (secondary N) is 1. The van der Waals surface area contributed by atoms with Gasteiger partial charge in [-0.3, -0.25) is 14.9 Å². The Balaban J connectivity index is 3.16. The van der Waals surface area contributed by atoms with E-state index in [1.54, 1.807) is 6.07 Å². The maximum Gasteiger partial charge on any atom is 0.293 e. The lowest BCUT2D eigenvalue weighted by atomic mass is 10.3. The van der Waals surface area contributed by atoms with Gasteiger partial charge in [0, 0.05) is 11.0 Å². The van der Waals surface area contributed by atoms with E-state index in [2.05, 4.69) is 5.32 Å². The van der Waals surface area contributed by atoms with Crippen LogP contribution in [-0.4, -0.2) is 17.6 Å². The zero-order valence-electron chi connectivity index (χ0n) is 7.39. The van der Waals surface area contributed by atoms with E-state index in [0.717, 1.165) is 4.90 Å². The Bertz CT molecular complexity index is 368. The van der Waals surface area contributed by atoms with Crippen molar-refractivity contribution >= 4 is 29.5 Å². The lowest BCUT2D eigenvalue weighted by molar-refractivity contribution is -0.384. The molecule has 0 saturated heterocycles. The molecule has 0 radical (unpaired) electrons. The van der Waals surface area contributed by atoms with Gasteiger partial charge in [-0.25, -0.2) is 0 Å². The first-order valence-electron chi connectivity index (χ1n) is 3.71. The number of nitro groups is 1. The van der Waals surface area contributed by atoms with Crippen molar-refractivity contribution in [3.8, 4) is 0 Å². The number of hydrogen-bond donors (Lipinski definition) is 1. The van der Waals surface area contributed by atoms with E-state index in [0.29, 0.717) is 6.41 Å². The smallest absolute Gasteiger partial charge is 0.293 e. The predicted molar refractivity (Wildman–Crippen MR) is 54.6 cm³/mol. The van der Waals surface area contributed by atoms with Gasteiger partial charge in [-0.05, 0) is 18.4 Å². The van der Waals surface area contributed by atoms with Crippen LogP contribution in [0.5, 0.6) is 0 Å². The number of thioether (sulfide) groups is 1. The van der Waals surface area contributed by atoms with Crippen molar-refractivity contribution in [2.75, 3.05) is 11.6 Å². The van der Waals surface area contributed by atoms with Crippen molar-refractivity contribution in [1.29, 1.82) is 0 Å². The summed E-state index contributed by atoms with van der Waals surface area (Å²) in [5.74, 6) is 0. The van der Waals surface area contributed by atoms with Gasteiger partial charge < -0.3 is 5.32 Å². The Morgan fingerprint density at radius 2 is 2.29 bits per heavy atom. The normalized spacial score (nSPS) is 9.50. The van der Waals surface area contributed by atoms with Crippen LogP contribution in [0.1, 0.15) is 0 Å². The van der Waals surface area contributed by atoms with Gasteiger partial charge >= 0.3 is 0 Å². The molecule has 0 aliphatic carbocycles. The molecule has 1 N–H and O–H groups in total. The van der Waals surface area contributed by atoms with Gasteiger partial charge in [0.15, 0.2) is 0 Å². The first kappa shape index (κ1) is 10.5. The summed E-state index contributed by atoms with van der Waals surface area (Å²) in [7, 11) is 0. The molecule has 0 bridgehead atoms. The van der Waals surface area contributed by atoms with E-state index in [9.17, 15) is 14.9 Å². The third-order valence-electron chi connectivity index (χ3n) is 1.62. The van der Waals surface area contributed by atoms with Gasteiger partial charge in [0.05, 0.1) is 4.92 Å². The van der Waals surface area contributed by atoms with Gasteiger partial charge in [-0.15, -0.1) is 11.8 Å². The standard InChI is InChI=1S/C8H8N2O3S/c1-14-6-2-3-7(9-5-11)8(4-6)10(12)13/h2-5H,1H3,(H,9,11). The molecule has 0 aromatic heterocycles. The second kappa shape index (κ2) is 4.61. The number of nitro benzene ring substituents is 1. The van der Waals surface area contributed by atoms with Crippen LogP contribution in [0.3, 0.4) is 0 Å². The third-order valence-corrected chi connectivity index (χ3v) is 2.34. The van der Waals surface area contributed by atoms with E-state index < -0.39 is 4.92 Å². The molecule has 1 rings (SSSR count). The number of rotatable bonds is 4. The van der Waals surface area contributed by atoms with E-state index in [4.69, 9.17) is 0 Å². The first-order valence-corrected chi connectivity index (χ1v) is 4.94. The van der Waals surface area contributed by atoms with Crippen LogP contribution in [0.25, 0.3) is 0 Å². The fourth-order valence-corrected chi connectivity index (χ4v) is 1.41. The second-order valence-electron chi connectivity index (χ2n) is 2.40. The van der Waals surface area contributed by atoms with E-state index in [1.807, 2.05) is 6.26 Å². The van der Waals surface area contributed by atoms with Crippen LogP contribution in [-0.2, 0) is 4.79 Å². The third kappa shape index (κ3) is 2.23. The second-order valence-corrected chi connectivity index (χ2v) is 3.28. The lowest BCUT2D eigenvalue weighted by Crippen LogP contribution is -1.99. The van der Waals surface area contributed by atoms with Gasteiger partial charge in [0.25, 0.3) is 5.69 Å². The number of amides is 1. The molecule has 6 heteroatoms. The summed E-state index contributed by atoms with van der Waals surface area (Å²) in [4.78, 5) is 21.0. The summed E-state index contributed by atoms with van der Waals surface area (Å²) in [6, 6.07) is 4.65. The average Bonchev–Trinajstić information content (AvgIpc) is 2.18. The van der Waals surface area contributed by atoms with Crippen molar-refractivity contribution in [3.63, 3.8) is 0 Å². The molecule has 14 heavy (non-hydrogen) atoms. The molecule has 0 fully saturated rings. The van der Waals surface area contributed by atoms with Crippen LogP contribution < -0.4 is 5.32 Å². The zero-order valence-corrected chi connectivity index (χ0v) is 8.21. The quantitative estimate of drug-likeness (QED) is 0.358. The van der Waals surface area contributed by atoms with Crippen molar-refractivity contribution in [1.82, 2.24) is 0 Å². The number of anilines is 1. The van der Waals surface area contributed by atoms with Crippen molar-refractivity contribution in [3.05, 3.63) is 28.3 Å². The van der Waals surface area contributed by atoms with Gasteiger partial charge in [-0.2, -0.15) is 0 Å². The fourth-order valence-electron chi connectivity index (χ4n) is 0.975. The molecule has 1 aromatic rings. The van der Waals surface area contributed by atoms with Crippen LogP contribution in [0, 0.1) is 10.1 Å². The SMILES string of the molecule is CSc1ccc(NC=O)c([N+](=O)[O-])c1. The molecular weight excluding hydrogens is 204 g/mol. The molecule has 0 heterocycles. The summed E-state index contributed by atoms with van der Waals surface area (Å²) in [5.41, 5.74) is 0.117. The molecule has 0 aliphatic heterocycles. The van der Waals surface area contributed by atoms with E-state index >= 15 is 0 Å². The van der Waals surface area contributed by atoms with Crippen LogP contribution in [0.2, 0.25) is 0 Å². The maximum atomic E-state index is 10.6. The molecule has 0 saturated carbocycles. The van der Waals surface area contributed by atoms with Crippen molar-refractivity contribution < 1.29 is 9.72 Å². The molecule has 1 aromatic carbocycles. The summed E-state index contributed by atoms with van der Waals surface area (Å²) in [6.45, 7) is 0. The highest BCUT2D eigenvalue weighted by Gasteiger charge is 2.13. The van der Waals surface area contributed by atoms with Crippen molar-refractivity contribution in [2.24, 2.45) is 0 Å². The Hall–Kier alpha value is -1.56. The summed E-state index contributed by atoms with van der Waals surface area (Å²) in [5, 5.41) is 12.9. The zero-order chi connectivity index (χ0) is 10.6. The molecule has 0 aliphatic rings. The Morgan fingerprint density at radius 1 is 1.57 bits per heavy atom. The minimum absolute atomic E-state index is 0.0936. The Labute approximate surface area is 84.6 Å². The minimum Gasteiger partial charge on any atom is -0.323 e. The van der Waals surface area contributed by atoms with E-state index in [-0.39, 0.29) is 11.4 Å². The minimum atomic E-state index is -0.522. The highest BCUT2D eigenvalue weighted by Crippen LogP contribution is 2.28. The highest BCUT2D eigenvalue weighted by atomic mass is 32.2. The van der Waals surface area contributed by atoms with Crippen LogP contribution >= 0.6 is 11.8 Å². The predicted octanol–water partition coefficient (Wildman–Crippen LogP) is 1.89. The monoisotopic (exact) mass is 212 g/mol. The average molecular weight is 212 g/mol. The van der Waals surface area contributed by atoms with Gasteiger partial charge in [-0.1, -0.05) is 0 Å². The van der Waals surface area contributed by atoms with E-state index in [1.165, 1.54) is 23.9 Å². The molecule has 0 atom stereocenters. The number of carbonyl (C=O) groups is 1. The highest BCUT2D eigenvalue weighted by molar-refractivity contribution is 7.98. The number of benzene rings is 1. The Morgan fingerprint density at radius 3 is 2.79 bits per heavy atom. The maximum absolute atomic E-state index is 10.6. The number of nitrogens with zero attached hydrogens (tertiary/aromatic N) is 1. The van der Waals surface area contributed by atoms with Crippen LogP contribution in [0.4, 0.5) is 11.4 Å². The fraction of sp³-hybridized carbons (Fsp3) is 0.125. The Kier molecular flexibility index (Phi) is 3.47.